The van der Waals surface area contributed by atoms with Gasteiger partial charge in [-0.25, -0.2) is 0 Å². The fraction of sp³-hybridized carbons (Fsp3) is 0.111. The summed E-state index contributed by atoms with van der Waals surface area (Å²) in [7, 11) is -4.07. The number of rotatable bonds is 5. The molecule has 3 aromatic rings. The molecule has 0 radical (unpaired) electrons. The van der Waals surface area contributed by atoms with Crippen LogP contribution in [0.5, 0.6) is 5.75 Å². The van der Waals surface area contributed by atoms with E-state index in [1.54, 1.807) is 12.1 Å². The van der Waals surface area contributed by atoms with Crippen LogP contribution in [0.2, 0.25) is 15.1 Å². The van der Waals surface area contributed by atoms with Crippen molar-refractivity contribution >= 4 is 44.9 Å². The third-order valence-corrected chi connectivity index (χ3v) is 6.23. The highest BCUT2D eigenvalue weighted by Crippen LogP contribution is 2.25. The molecule has 0 N–H and O–H groups in total. The van der Waals surface area contributed by atoms with Crippen molar-refractivity contribution in [3.63, 3.8) is 0 Å². The molecule has 0 unspecified atom stereocenters. The summed E-state index contributed by atoms with van der Waals surface area (Å²) < 4.78 is 31.2. The smallest absolute Gasteiger partial charge is 0.339 e. The summed E-state index contributed by atoms with van der Waals surface area (Å²) in [5, 5.41) is 4.29. The van der Waals surface area contributed by atoms with Crippen molar-refractivity contribution in [2.75, 3.05) is 0 Å². The number of halogens is 3. The van der Waals surface area contributed by atoms with Crippen molar-refractivity contribution in [3.05, 3.63) is 79.6 Å². The minimum Gasteiger partial charge on any atom is -0.379 e. The standard InChI is InChI=1S/C18H13Cl3N2O4S/c1-2-11-9-13(5-8-15(11)19)27-28(25,26)14-6-3-12(4-7-14)23-18(24)17(21)16(20)10-22-23/h3-10H,2H2,1H3. The molecule has 0 spiro atoms. The maximum absolute atomic E-state index is 12.5. The first-order chi connectivity index (χ1) is 13.2. The maximum atomic E-state index is 12.5. The molecular formula is C18H13Cl3N2O4S. The summed E-state index contributed by atoms with van der Waals surface area (Å²) in [6.45, 7) is 1.90. The number of aromatic nitrogens is 2. The second-order valence-corrected chi connectivity index (χ2v) is 8.40. The van der Waals surface area contributed by atoms with Crippen molar-refractivity contribution in [3.8, 4) is 11.4 Å². The first-order valence-electron chi connectivity index (χ1n) is 7.99. The average molecular weight is 460 g/mol. The lowest BCUT2D eigenvalue weighted by Gasteiger charge is -2.10. The monoisotopic (exact) mass is 458 g/mol. The molecular weight excluding hydrogens is 447 g/mol. The molecule has 2 aromatic carbocycles. The summed E-state index contributed by atoms with van der Waals surface area (Å²) in [6, 6.07) is 10.1. The lowest BCUT2D eigenvalue weighted by atomic mass is 10.2. The van der Waals surface area contributed by atoms with Crippen LogP contribution in [0.25, 0.3) is 5.69 Å². The summed E-state index contributed by atoms with van der Waals surface area (Å²) >= 11 is 17.6. The van der Waals surface area contributed by atoms with Crippen LogP contribution in [-0.2, 0) is 16.5 Å². The molecule has 0 fully saturated rings. The highest BCUT2D eigenvalue weighted by Gasteiger charge is 2.18. The number of hydrogen-bond donors (Lipinski definition) is 0. The summed E-state index contributed by atoms with van der Waals surface area (Å²) in [4.78, 5) is 12.0. The Labute approximate surface area is 176 Å². The van der Waals surface area contributed by atoms with Crippen molar-refractivity contribution < 1.29 is 12.6 Å². The molecule has 1 heterocycles. The van der Waals surface area contributed by atoms with Crippen LogP contribution in [0, 0.1) is 0 Å². The largest absolute Gasteiger partial charge is 0.379 e. The van der Waals surface area contributed by atoms with Gasteiger partial charge in [0.25, 0.3) is 5.56 Å². The fourth-order valence-electron chi connectivity index (χ4n) is 2.40. The Bertz CT molecular complexity index is 1190. The van der Waals surface area contributed by atoms with E-state index >= 15 is 0 Å². The molecule has 0 aliphatic heterocycles. The van der Waals surface area contributed by atoms with Crippen LogP contribution >= 0.6 is 34.8 Å². The van der Waals surface area contributed by atoms with Gasteiger partial charge in [-0.3, -0.25) is 4.79 Å². The zero-order chi connectivity index (χ0) is 20.5. The minimum atomic E-state index is -4.07. The summed E-state index contributed by atoms with van der Waals surface area (Å²) in [5.41, 5.74) is 0.478. The van der Waals surface area contributed by atoms with Gasteiger partial charge < -0.3 is 4.18 Å². The number of hydrogen-bond acceptors (Lipinski definition) is 5. The Kier molecular flexibility index (Phi) is 6.00. The molecule has 0 atom stereocenters. The highest BCUT2D eigenvalue weighted by molar-refractivity contribution is 7.87. The van der Waals surface area contributed by atoms with Crippen LogP contribution in [0.1, 0.15) is 12.5 Å². The number of aryl methyl sites for hydroxylation is 1. The predicted molar refractivity (Wildman–Crippen MR) is 108 cm³/mol. The van der Waals surface area contributed by atoms with Crippen LogP contribution in [-0.4, -0.2) is 18.2 Å². The molecule has 1 aromatic heterocycles. The third kappa shape index (κ3) is 4.17. The normalized spacial score (nSPS) is 11.4. The van der Waals surface area contributed by atoms with E-state index in [0.717, 1.165) is 10.2 Å². The van der Waals surface area contributed by atoms with E-state index in [0.29, 0.717) is 17.1 Å². The van der Waals surface area contributed by atoms with Crippen molar-refractivity contribution in [2.45, 2.75) is 18.2 Å². The van der Waals surface area contributed by atoms with Gasteiger partial charge in [-0.05, 0) is 54.4 Å². The molecule has 6 nitrogen and oxygen atoms in total. The van der Waals surface area contributed by atoms with Crippen LogP contribution in [0.3, 0.4) is 0 Å². The van der Waals surface area contributed by atoms with E-state index in [1.165, 1.54) is 36.5 Å². The zero-order valence-electron chi connectivity index (χ0n) is 14.4. The van der Waals surface area contributed by atoms with Gasteiger partial charge >= 0.3 is 10.1 Å². The molecule has 0 amide bonds. The zero-order valence-corrected chi connectivity index (χ0v) is 17.5. The SMILES string of the molecule is CCc1cc(OS(=O)(=O)c2ccc(-n3ncc(Cl)c(Cl)c3=O)cc2)ccc1Cl. The molecule has 0 aliphatic rings. The van der Waals surface area contributed by atoms with Gasteiger partial charge in [0, 0.05) is 5.02 Å². The fourth-order valence-corrected chi connectivity index (χ4v) is 3.83. The molecule has 0 saturated heterocycles. The molecule has 0 bridgehead atoms. The van der Waals surface area contributed by atoms with Gasteiger partial charge in [0.05, 0.1) is 16.9 Å². The second kappa shape index (κ2) is 8.13. The number of benzene rings is 2. The first kappa shape index (κ1) is 20.7. The van der Waals surface area contributed by atoms with E-state index in [2.05, 4.69) is 5.10 Å². The van der Waals surface area contributed by atoms with Crippen LogP contribution in [0.15, 0.2) is 58.4 Å². The average Bonchev–Trinajstić information content (AvgIpc) is 2.68. The predicted octanol–water partition coefficient (Wildman–Crippen LogP) is 4.52. The van der Waals surface area contributed by atoms with Gasteiger partial charge in [0.15, 0.2) is 0 Å². The van der Waals surface area contributed by atoms with Crippen LogP contribution < -0.4 is 9.74 Å². The number of nitrogens with zero attached hydrogens (tertiary/aromatic N) is 2. The summed E-state index contributed by atoms with van der Waals surface area (Å²) in [6.07, 6.45) is 1.86. The lowest BCUT2D eigenvalue weighted by molar-refractivity contribution is 0.486. The molecule has 0 aliphatic carbocycles. The van der Waals surface area contributed by atoms with Gasteiger partial charge in [-0.15, -0.1) is 0 Å². The quantitative estimate of drug-likeness (QED) is 0.524. The van der Waals surface area contributed by atoms with Crippen molar-refractivity contribution in [2.24, 2.45) is 0 Å². The van der Waals surface area contributed by atoms with Crippen molar-refractivity contribution in [1.29, 1.82) is 0 Å². The van der Waals surface area contributed by atoms with Gasteiger partial charge in [-0.1, -0.05) is 41.7 Å². The third-order valence-electron chi connectivity index (χ3n) is 3.85. The van der Waals surface area contributed by atoms with Crippen molar-refractivity contribution in [1.82, 2.24) is 9.78 Å². The molecule has 10 heteroatoms. The van der Waals surface area contributed by atoms with E-state index in [-0.39, 0.29) is 20.7 Å². The Morgan fingerprint density at radius 3 is 2.36 bits per heavy atom. The Hall–Kier alpha value is -2.06. The molecule has 0 saturated carbocycles. The minimum absolute atomic E-state index is 0.0323. The lowest BCUT2D eigenvalue weighted by Crippen LogP contribution is -2.21. The van der Waals surface area contributed by atoms with Gasteiger partial charge in [0.1, 0.15) is 15.7 Å². The van der Waals surface area contributed by atoms with Crippen LogP contribution in [0.4, 0.5) is 0 Å². The van der Waals surface area contributed by atoms with E-state index in [9.17, 15) is 13.2 Å². The van der Waals surface area contributed by atoms with Gasteiger partial charge in [-0.2, -0.15) is 18.2 Å². The highest BCUT2D eigenvalue weighted by atomic mass is 35.5. The molecule has 146 valence electrons. The Morgan fingerprint density at radius 1 is 1.04 bits per heavy atom. The molecule has 28 heavy (non-hydrogen) atoms. The Morgan fingerprint density at radius 2 is 1.71 bits per heavy atom. The Balaban J connectivity index is 1.90. The van der Waals surface area contributed by atoms with E-state index in [4.69, 9.17) is 39.0 Å². The van der Waals surface area contributed by atoms with E-state index in [1.807, 2.05) is 6.92 Å². The first-order valence-corrected chi connectivity index (χ1v) is 10.5. The molecule has 3 rings (SSSR count). The second-order valence-electron chi connectivity index (χ2n) is 5.66. The summed E-state index contributed by atoms with van der Waals surface area (Å²) in [5.74, 6) is 0.160. The maximum Gasteiger partial charge on any atom is 0.339 e. The van der Waals surface area contributed by atoms with Gasteiger partial charge in [0.2, 0.25) is 0 Å². The van der Waals surface area contributed by atoms with E-state index < -0.39 is 15.7 Å². The topological polar surface area (TPSA) is 78.3 Å².